The molecule has 0 N–H and O–H groups in total. The maximum absolute atomic E-state index is 13.6. The van der Waals surface area contributed by atoms with E-state index in [2.05, 4.69) is 23.7 Å². The molecule has 27 heavy (non-hydrogen) atoms. The first-order valence-corrected chi connectivity index (χ1v) is 9.69. The SMILES string of the molecule is CCCCC[C@H]1CO[C@H](C#Cc2ccc(-c3ccc(Cl)c(F)c3)nc2)OC1. The molecule has 1 aromatic heterocycles. The molecule has 0 aliphatic carbocycles. The van der Waals surface area contributed by atoms with Gasteiger partial charge < -0.3 is 9.47 Å². The number of pyridine rings is 1. The molecule has 1 aromatic carbocycles. The van der Waals surface area contributed by atoms with Crippen LogP contribution in [0.25, 0.3) is 11.3 Å². The highest BCUT2D eigenvalue weighted by molar-refractivity contribution is 6.30. The topological polar surface area (TPSA) is 31.4 Å². The molecule has 0 unspecified atom stereocenters. The fourth-order valence-corrected chi connectivity index (χ4v) is 3.03. The third kappa shape index (κ3) is 5.77. The number of ether oxygens (including phenoxy) is 2. The van der Waals surface area contributed by atoms with Crippen molar-refractivity contribution in [2.75, 3.05) is 13.2 Å². The van der Waals surface area contributed by atoms with Gasteiger partial charge in [0, 0.05) is 23.2 Å². The lowest BCUT2D eigenvalue weighted by atomic mass is 10.0. The zero-order valence-electron chi connectivity index (χ0n) is 15.4. The number of hydrogen-bond donors (Lipinski definition) is 0. The third-order valence-corrected chi connectivity index (χ3v) is 4.80. The summed E-state index contributed by atoms with van der Waals surface area (Å²) >= 11 is 5.71. The molecule has 1 fully saturated rings. The van der Waals surface area contributed by atoms with Crippen LogP contribution in [-0.4, -0.2) is 24.5 Å². The Morgan fingerprint density at radius 1 is 1.19 bits per heavy atom. The van der Waals surface area contributed by atoms with Crippen LogP contribution in [0.2, 0.25) is 5.02 Å². The van der Waals surface area contributed by atoms with Crippen LogP contribution in [0.3, 0.4) is 0 Å². The van der Waals surface area contributed by atoms with Crippen LogP contribution in [0, 0.1) is 23.6 Å². The molecule has 2 aromatic rings. The Labute approximate surface area is 164 Å². The Kier molecular flexibility index (Phi) is 7.23. The van der Waals surface area contributed by atoms with Gasteiger partial charge in [0.05, 0.1) is 23.9 Å². The molecule has 2 heterocycles. The van der Waals surface area contributed by atoms with Gasteiger partial charge >= 0.3 is 0 Å². The number of benzene rings is 1. The molecular weight excluding hydrogens is 365 g/mol. The number of hydrogen-bond acceptors (Lipinski definition) is 3. The Balaban J connectivity index is 1.54. The van der Waals surface area contributed by atoms with Gasteiger partial charge in [-0.05, 0) is 36.6 Å². The molecule has 0 saturated carbocycles. The van der Waals surface area contributed by atoms with E-state index in [4.69, 9.17) is 21.1 Å². The van der Waals surface area contributed by atoms with Gasteiger partial charge in [0.15, 0.2) is 0 Å². The summed E-state index contributed by atoms with van der Waals surface area (Å²) in [7, 11) is 0. The van der Waals surface area contributed by atoms with Crippen LogP contribution in [0.4, 0.5) is 4.39 Å². The summed E-state index contributed by atoms with van der Waals surface area (Å²) in [5.74, 6) is 6.02. The second-order valence-electron chi connectivity index (χ2n) is 6.69. The van der Waals surface area contributed by atoms with Crippen molar-refractivity contribution < 1.29 is 13.9 Å². The van der Waals surface area contributed by atoms with Gasteiger partial charge in [-0.15, -0.1) is 0 Å². The maximum Gasteiger partial charge on any atom is 0.222 e. The van der Waals surface area contributed by atoms with E-state index in [0.29, 0.717) is 30.4 Å². The van der Waals surface area contributed by atoms with Gasteiger partial charge in [0.1, 0.15) is 5.82 Å². The van der Waals surface area contributed by atoms with Crippen molar-refractivity contribution in [1.82, 2.24) is 4.98 Å². The van der Waals surface area contributed by atoms with E-state index >= 15 is 0 Å². The predicted molar refractivity (Wildman–Crippen MR) is 105 cm³/mol. The molecule has 3 rings (SSSR count). The predicted octanol–water partition coefficient (Wildman–Crippen LogP) is 5.46. The number of nitrogens with zero attached hydrogens (tertiary/aromatic N) is 1. The first-order valence-electron chi connectivity index (χ1n) is 9.32. The first kappa shape index (κ1) is 19.8. The van der Waals surface area contributed by atoms with Crippen molar-refractivity contribution in [2.24, 2.45) is 5.92 Å². The molecule has 142 valence electrons. The zero-order chi connectivity index (χ0) is 19.1. The van der Waals surface area contributed by atoms with Gasteiger partial charge in [-0.2, -0.15) is 0 Å². The highest BCUT2D eigenvalue weighted by Gasteiger charge is 2.20. The fourth-order valence-electron chi connectivity index (χ4n) is 2.91. The van der Waals surface area contributed by atoms with Crippen LogP contribution in [0.1, 0.15) is 38.2 Å². The third-order valence-electron chi connectivity index (χ3n) is 4.50. The van der Waals surface area contributed by atoms with E-state index in [9.17, 15) is 4.39 Å². The molecular formula is C22H23ClFNO2. The largest absolute Gasteiger partial charge is 0.342 e. The second-order valence-corrected chi connectivity index (χ2v) is 7.10. The molecule has 0 bridgehead atoms. The molecule has 0 radical (unpaired) electrons. The highest BCUT2D eigenvalue weighted by Crippen LogP contribution is 2.23. The smallest absolute Gasteiger partial charge is 0.222 e. The Hall–Kier alpha value is -1.93. The molecule has 0 amide bonds. The Morgan fingerprint density at radius 2 is 2.00 bits per heavy atom. The molecule has 0 atom stereocenters. The van der Waals surface area contributed by atoms with Gasteiger partial charge in [-0.1, -0.05) is 49.8 Å². The van der Waals surface area contributed by atoms with Crippen molar-refractivity contribution in [3.05, 3.63) is 52.9 Å². The quantitative estimate of drug-likeness (QED) is 0.504. The summed E-state index contributed by atoms with van der Waals surface area (Å²) < 4.78 is 25.0. The minimum absolute atomic E-state index is 0.0984. The molecule has 0 spiro atoms. The normalized spacial score (nSPS) is 19.4. The van der Waals surface area contributed by atoms with Crippen molar-refractivity contribution >= 4 is 11.6 Å². The molecule has 3 nitrogen and oxygen atoms in total. The summed E-state index contributed by atoms with van der Waals surface area (Å²) in [6.07, 6.45) is 6.01. The minimum atomic E-state index is -0.488. The van der Waals surface area contributed by atoms with Gasteiger partial charge in [-0.3, -0.25) is 4.98 Å². The average Bonchev–Trinajstić information content (AvgIpc) is 2.70. The lowest BCUT2D eigenvalue weighted by Crippen LogP contribution is -2.31. The van der Waals surface area contributed by atoms with Crippen molar-refractivity contribution in [2.45, 2.75) is 38.9 Å². The van der Waals surface area contributed by atoms with Gasteiger partial charge in [0.25, 0.3) is 0 Å². The average molecular weight is 388 g/mol. The monoisotopic (exact) mass is 387 g/mol. The standard InChI is InChI=1S/C22H23ClFNO2/c1-2-3-4-5-17-14-26-22(27-15-17)11-7-16-6-10-21(25-13-16)18-8-9-19(23)20(24)12-18/h6,8-10,12-13,17,22H,2-5,14-15H2,1H3/t17-,22-. The zero-order valence-corrected chi connectivity index (χ0v) is 16.1. The summed E-state index contributed by atoms with van der Waals surface area (Å²) in [6, 6.07) is 8.28. The molecule has 1 aliphatic heterocycles. The van der Waals surface area contributed by atoms with E-state index in [1.807, 2.05) is 6.07 Å². The lowest BCUT2D eigenvalue weighted by Gasteiger charge is -2.26. The van der Waals surface area contributed by atoms with Crippen LogP contribution < -0.4 is 0 Å². The Morgan fingerprint density at radius 3 is 2.67 bits per heavy atom. The molecule has 1 aliphatic rings. The Bertz CT molecular complexity index is 805. The summed E-state index contributed by atoms with van der Waals surface area (Å²) in [4.78, 5) is 4.34. The number of rotatable bonds is 5. The van der Waals surface area contributed by atoms with E-state index in [-0.39, 0.29) is 5.02 Å². The van der Waals surface area contributed by atoms with E-state index < -0.39 is 12.1 Å². The van der Waals surface area contributed by atoms with E-state index in [1.54, 1.807) is 18.3 Å². The van der Waals surface area contributed by atoms with Crippen LogP contribution in [0.15, 0.2) is 36.5 Å². The number of halogens is 2. The molecule has 1 saturated heterocycles. The highest BCUT2D eigenvalue weighted by atomic mass is 35.5. The van der Waals surface area contributed by atoms with Crippen molar-refractivity contribution in [3.63, 3.8) is 0 Å². The van der Waals surface area contributed by atoms with Crippen molar-refractivity contribution in [1.29, 1.82) is 0 Å². The van der Waals surface area contributed by atoms with E-state index in [1.165, 1.54) is 31.4 Å². The second kappa shape index (κ2) is 9.85. The lowest BCUT2D eigenvalue weighted by molar-refractivity contribution is -0.170. The number of aromatic nitrogens is 1. The van der Waals surface area contributed by atoms with Gasteiger partial charge in [0.2, 0.25) is 6.29 Å². The minimum Gasteiger partial charge on any atom is -0.342 e. The fraction of sp³-hybridized carbons (Fsp3) is 0.409. The number of unbranched alkanes of at least 4 members (excludes halogenated alkanes) is 2. The summed E-state index contributed by atoms with van der Waals surface area (Å²) in [5.41, 5.74) is 2.09. The maximum atomic E-state index is 13.6. The van der Waals surface area contributed by atoms with Crippen LogP contribution in [-0.2, 0) is 9.47 Å². The summed E-state index contributed by atoms with van der Waals surface area (Å²) in [6.45, 7) is 3.60. The van der Waals surface area contributed by atoms with Gasteiger partial charge in [-0.25, -0.2) is 4.39 Å². The molecule has 5 heteroatoms. The first-order chi connectivity index (χ1) is 13.2. The summed E-state index contributed by atoms with van der Waals surface area (Å²) in [5, 5.41) is 0.0984. The van der Waals surface area contributed by atoms with Crippen LogP contribution in [0.5, 0.6) is 0 Å². The van der Waals surface area contributed by atoms with Crippen molar-refractivity contribution in [3.8, 4) is 23.1 Å². The van der Waals surface area contributed by atoms with E-state index in [0.717, 1.165) is 12.0 Å². The van der Waals surface area contributed by atoms with Crippen LogP contribution >= 0.6 is 11.6 Å².